The number of benzene rings is 1. The Labute approximate surface area is 148 Å². The SMILES string of the molecule is CC(C)(C)C1(C(=S)c2ccc(CS)cc2)CNCCN1C(=O)O. The molecule has 126 valence electrons. The maximum atomic E-state index is 11.9. The van der Waals surface area contributed by atoms with Crippen LogP contribution in [0.1, 0.15) is 31.9 Å². The average molecular weight is 353 g/mol. The van der Waals surface area contributed by atoms with Gasteiger partial charge < -0.3 is 10.4 Å². The Hall–Kier alpha value is -1.11. The minimum atomic E-state index is -0.921. The monoisotopic (exact) mass is 352 g/mol. The summed E-state index contributed by atoms with van der Waals surface area (Å²) >= 11 is 10.1. The second-order valence-corrected chi connectivity index (χ2v) is 7.63. The van der Waals surface area contributed by atoms with Gasteiger partial charge in [0.2, 0.25) is 0 Å². The first-order chi connectivity index (χ1) is 10.7. The standard InChI is InChI=1S/C17H24N2O2S2/c1-16(2,3)17(11-18-8-9-19(17)15(20)21)14(23)13-6-4-12(10-22)5-7-13/h4-7,18,22H,8-11H2,1-3H3,(H,20,21). The van der Waals surface area contributed by atoms with Gasteiger partial charge in [-0.25, -0.2) is 4.79 Å². The Bertz CT molecular complexity index is 596. The molecular formula is C17H24N2O2S2. The minimum absolute atomic E-state index is 0.335. The first kappa shape index (κ1) is 18.2. The number of hydrogen-bond donors (Lipinski definition) is 3. The number of carbonyl (C=O) groups is 1. The maximum Gasteiger partial charge on any atom is 0.408 e. The molecule has 4 nitrogen and oxygen atoms in total. The molecule has 1 atom stereocenters. The van der Waals surface area contributed by atoms with Crippen LogP contribution in [0.3, 0.4) is 0 Å². The number of rotatable bonds is 3. The average Bonchev–Trinajstić information content (AvgIpc) is 2.53. The fourth-order valence-electron chi connectivity index (χ4n) is 3.22. The Balaban J connectivity index is 2.52. The van der Waals surface area contributed by atoms with Gasteiger partial charge in [-0.2, -0.15) is 12.6 Å². The molecule has 0 bridgehead atoms. The lowest BCUT2D eigenvalue weighted by molar-refractivity contribution is 0.0339. The molecule has 1 saturated heterocycles. The predicted molar refractivity (Wildman–Crippen MR) is 101 cm³/mol. The second kappa shape index (κ2) is 6.79. The van der Waals surface area contributed by atoms with Gasteiger partial charge in [0.15, 0.2) is 0 Å². The number of amides is 1. The number of thiol groups is 1. The summed E-state index contributed by atoms with van der Waals surface area (Å²) in [7, 11) is 0. The van der Waals surface area contributed by atoms with E-state index in [1.807, 2.05) is 45.0 Å². The molecule has 1 aromatic carbocycles. The van der Waals surface area contributed by atoms with E-state index in [0.717, 1.165) is 11.1 Å². The first-order valence-electron chi connectivity index (χ1n) is 7.70. The van der Waals surface area contributed by atoms with Gasteiger partial charge in [-0.3, -0.25) is 4.90 Å². The van der Waals surface area contributed by atoms with Gasteiger partial charge >= 0.3 is 6.09 Å². The van der Waals surface area contributed by atoms with Crippen molar-refractivity contribution in [1.29, 1.82) is 0 Å². The number of nitrogens with one attached hydrogen (secondary N) is 1. The van der Waals surface area contributed by atoms with Gasteiger partial charge in [-0.05, 0) is 16.5 Å². The fourth-order valence-corrected chi connectivity index (χ4v) is 4.05. The largest absolute Gasteiger partial charge is 0.465 e. The molecule has 0 spiro atoms. The summed E-state index contributed by atoms with van der Waals surface area (Å²) in [5, 5.41) is 13.1. The van der Waals surface area contributed by atoms with Gasteiger partial charge in [0.25, 0.3) is 0 Å². The Morgan fingerprint density at radius 2 is 2.00 bits per heavy atom. The highest BCUT2D eigenvalue weighted by molar-refractivity contribution is 7.81. The van der Waals surface area contributed by atoms with E-state index in [1.54, 1.807) is 0 Å². The smallest absolute Gasteiger partial charge is 0.408 e. The summed E-state index contributed by atoms with van der Waals surface area (Å²) in [6.07, 6.45) is -0.921. The topological polar surface area (TPSA) is 52.6 Å². The van der Waals surface area contributed by atoms with E-state index >= 15 is 0 Å². The van der Waals surface area contributed by atoms with Crippen molar-refractivity contribution in [2.45, 2.75) is 32.1 Å². The molecule has 1 aromatic rings. The molecule has 2 rings (SSSR count). The number of thiocarbonyl (C=S) groups is 1. The molecule has 1 unspecified atom stereocenters. The number of nitrogens with zero attached hydrogens (tertiary/aromatic N) is 1. The Kier molecular flexibility index (Phi) is 5.38. The molecular weight excluding hydrogens is 328 g/mol. The van der Waals surface area contributed by atoms with Gasteiger partial charge in [0.05, 0.1) is 10.4 Å². The summed E-state index contributed by atoms with van der Waals surface area (Å²) in [5.41, 5.74) is 0.921. The predicted octanol–water partition coefficient (Wildman–Crippen LogP) is 3.20. The quantitative estimate of drug-likeness (QED) is 0.444. The molecule has 0 aromatic heterocycles. The van der Waals surface area contributed by atoms with E-state index in [0.29, 0.717) is 30.3 Å². The third-order valence-corrected chi connectivity index (χ3v) is 5.54. The first-order valence-corrected chi connectivity index (χ1v) is 8.74. The van der Waals surface area contributed by atoms with Crippen LogP contribution in [-0.4, -0.2) is 46.1 Å². The molecule has 1 amide bonds. The lowest BCUT2D eigenvalue weighted by atomic mass is 9.68. The highest BCUT2D eigenvalue weighted by Crippen LogP contribution is 2.40. The lowest BCUT2D eigenvalue weighted by Gasteiger charge is -2.54. The molecule has 1 heterocycles. The van der Waals surface area contributed by atoms with Crippen molar-refractivity contribution in [3.8, 4) is 0 Å². The van der Waals surface area contributed by atoms with Crippen molar-refractivity contribution in [3.63, 3.8) is 0 Å². The zero-order valence-corrected chi connectivity index (χ0v) is 15.5. The molecule has 0 aliphatic carbocycles. The zero-order chi connectivity index (χ0) is 17.3. The zero-order valence-electron chi connectivity index (χ0n) is 13.8. The van der Waals surface area contributed by atoms with Crippen LogP contribution in [0.4, 0.5) is 4.79 Å². The van der Waals surface area contributed by atoms with Gasteiger partial charge in [0, 0.05) is 25.4 Å². The van der Waals surface area contributed by atoms with E-state index in [4.69, 9.17) is 12.2 Å². The number of piperazine rings is 1. The third-order valence-electron chi connectivity index (χ3n) is 4.60. The molecule has 23 heavy (non-hydrogen) atoms. The number of carboxylic acid groups (broad SMARTS) is 1. The lowest BCUT2D eigenvalue weighted by Crippen LogP contribution is -2.71. The summed E-state index contributed by atoms with van der Waals surface area (Å²) in [6.45, 7) is 7.74. The van der Waals surface area contributed by atoms with Crippen LogP contribution in [0.25, 0.3) is 0 Å². The summed E-state index contributed by atoms with van der Waals surface area (Å²) in [5.74, 6) is 0.667. The Morgan fingerprint density at radius 3 is 2.48 bits per heavy atom. The van der Waals surface area contributed by atoms with E-state index in [1.165, 1.54) is 4.90 Å². The second-order valence-electron chi connectivity index (χ2n) is 6.91. The summed E-state index contributed by atoms with van der Waals surface area (Å²) in [6, 6.07) is 7.92. The summed E-state index contributed by atoms with van der Waals surface area (Å²) < 4.78 is 0. The number of hydrogen-bond acceptors (Lipinski definition) is 4. The van der Waals surface area contributed by atoms with Crippen LogP contribution < -0.4 is 5.32 Å². The highest BCUT2D eigenvalue weighted by atomic mass is 32.1. The van der Waals surface area contributed by atoms with Crippen molar-refractivity contribution in [1.82, 2.24) is 10.2 Å². The molecule has 1 aliphatic rings. The van der Waals surface area contributed by atoms with Crippen molar-refractivity contribution in [2.24, 2.45) is 5.41 Å². The van der Waals surface area contributed by atoms with E-state index in [9.17, 15) is 9.90 Å². The minimum Gasteiger partial charge on any atom is -0.465 e. The van der Waals surface area contributed by atoms with Crippen LogP contribution in [-0.2, 0) is 5.75 Å². The van der Waals surface area contributed by atoms with Crippen molar-refractivity contribution < 1.29 is 9.90 Å². The normalized spacial score (nSPS) is 22.0. The van der Waals surface area contributed by atoms with Crippen LogP contribution >= 0.6 is 24.8 Å². The highest BCUT2D eigenvalue weighted by Gasteiger charge is 2.53. The van der Waals surface area contributed by atoms with E-state index < -0.39 is 11.6 Å². The molecule has 0 radical (unpaired) electrons. The van der Waals surface area contributed by atoms with Gasteiger partial charge in [-0.15, -0.1) is 0 Å². The van der Waals surface area contributed by atoms with Crippen LogP contribution in [0, 0.1) is 5.41 Å². The molecule has 6 heteroatoms. The fraction of sp³-hybridized carbons (Fsp3) is 0.529. The molecule has 2 N–H and O–H groups in total. The third kappa shape index (κ3) is 3.25. The van der Waals surface area contributed by atoms with Crippen LogP contribution in [0.15, 0.2) is 24.3 Å². The van der Waals surface area contributed by atoms with Crippen molar-refractivity contribution >= 4 is 35.8 Å². The van der Waals surface area contributed by atoms with Crippen LogP contribution in [0.5, 0.6) is 0 Å². The van der Waals surface area contributed by atoms with Gasteiger partial charge in [0.1, 0.15) is 0 Å². The molecule has 1 aliphatic heterocycles. The molecule has 1 fully saturated rings. The maximum absolute atomic E-state index is 11.9. The molecule has 0 saturated carbocycles. The summed E-state index contributed by atoms with van der Waals surface area (Å²) in [4.78, 5) is 14.1. The van der Waals surface area contributed by atoms with Crippen molar-refractivity contribution in [3.05, 3.63) is 35.4 Å². The van der Waals surface area contributed by atoms with Crippen LogP contribution in [0.2, 0.25) is 0 Å². The van der Waals surface area contributed by atoms with E-state index in [2.05, 4.69) is 17.9 Å². The van der Waals surface area contributed by atoms with E-state index in [-0.39, 0.29) is 5.41 Å². The van der Waals surface area contributed by atoms with Gasteiger partial charge in [-0.1, -0.05) is 57.3 Å². The Morgan fingerprint density at radius 1 is 1.39 bits per heavy atom. The van der Waals surface area contributed by atoms with Crippen molar-refractivity contribution in [2.75, 3.05) is 19.6 Å².